The topological polar surface area (TPSA) is 29.5 Å². The van der Waals surface area contributed by atoms with E-state index < -0.39 is 0 Å². The summed E-state index contributed by atoms with van der Waals surface area (Å²) in [6.07, 6.45) is 1.96. The molecule has 23 heavy (non-hydrogen) atoms. The van der Waals surface area contributed by atoms with E-state index in [-0.39, 0.29) is 16.2 Å². The number of benzene rings is 1. The summed E-state index contributed by atoms with van der Waals surface area (Å²) in [5.74, 6) is 2.17. The maximum Gasteiger partial charge on any atom is 0.338 e. The van der Waals surface area contributed by atoms with Gasteiger partial charge in [0.05, 0.1) is 21.4 Å². The minimum Gasteiger partial charge on any atom is -0.453 e. The van der Waals surface area contributed by atoms with Gasteiger partial charge in [-0.3, -0.25) is 0 Å². The summed E-state index contributed by atoms with van der Waals surface area (Å²) in [7, 11) is 0. The molecule has 1 fully saturated rings. The normalized spacial score (nSPS) is 31.0. The minimum atomic E-state index is -0.107. The van der Waals surface area contributed by atoms with Gasteiger partial charge in [0.1, 0.15) is 6.10 Å². The molecule has 0 radical (unpaired) electrons. The van der Waals surface area contributed by atoms with E-state index in [9.17, 15) is 4.79 Å². The van der Waals surface area contributed by atoms with Gasteiger partial charge >= 0.3 is 5.97 Å². The number of carbonyl (C=O) groups is 1. The fourth-order valence-electron chi connectivity index (χ4n) is 4.54. The van der Waals surface area contributed by atoms with Crippen molar-refractivity contribution in [3.8, 4) is 0 Å². The van der Waals surface area contributed by atoms with Crippen LogP contribution in [0.1, 0.15) is 30.5 Å². The van der Waals surface area contributed by atoms with Crippen LogP contribution in [-0.4, -0.2) is 39.1 Å². The molecule has 1 aromatic rings. The Morgan fingerprint density at radius 1 is 1.26 bits per heavy atom. The molecule has 0 aliphatic carbocycles. The maximum absolute atomic E-state index is 12.6. The molecule has 4 aliphatic rings. The van der Waals surface area contributed by atoms with E-state index in [0.29, 0.717) is 6.04 Å². The molecule has 1 aromatic carbocycles. The zero-order valence-electron chi connectivity index (χ0n) is 13.1. The molecule has 5 rings (SSSR count). The number of fused-ring (bicyclic) bond motifs is 5. The van der Waals surface area contributed by atoms with Crippen LogP contribution in [0.4, 0.5) is 0 Å². The Hall–Kier alpha value is -1.07. The number of cyclic esters (lactones) is 1. The van der Waals surface area contributed by atoms with Gasteiger partial charge in [-0.15, -0.1) is 23.5 Å². The smallest absolute Gasteiger partial charge is 0.338 e. The van der Waals surface area contributed by atoms with Gasteiger partial charge in [-0.1, -0.05) is 24.3 Å². The molecule has 120 valence electrons. The number of ether oxygens (including phenoxy) is 1. The van der Waals surface area contributed by atoms with E-state index in [4.69, 9.17) is 4.74 Å². The molecule has 3 nitrogen and oxygen atoms in total. The third kappa shape index (κ3) is 1.89. The van der Waals surface area contributed by atoms with Crippen LogP contribution in [0.25, 0.3) is 0 Å². The van der Waals surface area contributed by atoms with Crippen molar-refractivity contribution in [1.82, 2.24) is 4.90 Å². The largest absolute Gasteiger partial charge is 0.453 e. The minimum absolute atomic E-state index is 0.0771. The molecule has 1 unspecified atom stereocenters. The molecular weight excluding hydrogens is 326 g/mol. The van der Waals surface area contributed by atoms with Crippen LogP contribution in [0.2, 0.25) is 0 Å². The molecule has 0 aromatic heterocycles. The van der Waals surface area contributed by atoms with E-state index in [2.05, 4.69) is 29.2 Å². The Balaban J connectivity index is 1.70. The molecular formula is C18H19NO2S2. The Morgan fingerprint density at radius 3 is 2.87 bits per heavy atom. The summed E-state index contributed by atoms with van der Waals surface area (Å²) in [6, 6.07) is 9.21. The average molecular weight is 345 g/mol. The second-order valence-corrected chi connectivity index (χ2v) is 9.67. The van der Waals surface area contributed by atoms with Crippen molar-refractivity contribution in [2.75, 3.05) is 18.1 Å². The molecule has 5 heteroatoms. The van der Waals surface area contributed by atoms with Crippen LogP contribution >= 0.6 is 23.5 Å². The van der Waals surface area contributed by atoms with Crippen LogP contribution < -0.4 is 0 Å². The van der Waals surface area contributed by atoms with Crippen molar-refractivity contribution in [2.24, 2.45) is 0 Å². The Kier molecular flexibility index (Phi) is 3.08. The molecule has 1 saturated heterocycles. The molecule has 2 atom stereocenters. The van der Waals surface area contributed by atoms with Crippen LogP contribution in [-0.2, 0) is 16.0 Å². The van der Waals surface area contributed by atoms with E-state index in [0.717, 1.165) is 36.5 Å². The highest BCUT2D eigenvalue weighted by Gasteiger charge is 2.56. The summed E-state index contributed by atoms with van der Waals surface area (Å²) >= 11 is 3.91. The molecule has 0 N–H and O–H groups in total. The lowest BCUT2D eigenvalue weighted by atomic mass is 9.84. The summed E-state index contributed by atoms with van der Waals surface area (Å²) in [5.41, 5.74) is 5.05. The Morgan fingerprint density at radius 2 is 2.04 bits per heavy atom. The molecule has 0 saturated carbocycles. The standard InChI is InChI=1S/C18H19NO2S2/c1-11-16-15(17(20)21-11)18(22-8-9-23-18)10-14-13-5-3-2-4-12(13)6-7-19(14)16/h2-5,11,14H,6-10H2,1H3/t11-,14?/m1/s1. The first-order chi connectivity index (χ1) is 11.2. The van der Waals surface area contributed by atoms with Gasteiger partial charge in [0, 0.05) is 24.5 Å². The lowest BCUT2D eigenvalue weighted by Crippen LogP contribution is -2.45. The van der Waals surface area contributed by atoms with Gasteiger partial charge in [-0.2, -0.15) is 0 Å². The SMILES string of the molecule is C[C@H]1OC(=O)C2=C1N1CCc3ccccc3C1CC21SCCS1. The number of carbonyl (C=O) groups excluding carboxylic acids is 1. The van der Waals surface area contributed by atoms with E-state index in [1.54, 1.807) is 0 Å². The predicted molar refractivity (Wildman–Crippen MR) is 94.4 cm³/mol. The van der Waals surface area contributed by atoms with Crippen LogP contribution in [0.5, 0.6) is 0 Å². The number of nitrogens with zero attached hydrogens (tertiary/aromatic N) is 1. The molecule has 0 amide bonds. The van der Waals surface area contributed by atoms with Gasteiger partial charge in [-0.05, 0) is 24.5 Å². The second-order valence-electron chi connectivity index (χ2n) is 6.62. The summed E-state index contributed by atoms with van der Waals surface area (Å²) in [4.78, 5) is 15.0. The molecule has 0 bridgehead atoms. The third-order valence-corrected chi connectivity index (χ3v) is 8.90. The van der Waals surface area contributed by atoms with Crippen molar-refractivity contribution in [2.45, 2.75) is 36.0 Å². The summed E-state index contributed by atoms with van der Waals surface area (Å²) in [6.45, 7) is 3.02. The molecule has 1 spiro atoms. The highest BCUT2D eigenvalue weighted by atomic mass is 32.2. The first-order valence-corrected chi connectivity index (χ1v) is 10.2. The molecule has 4 heterocycles. The first kappa shape index (κ1) is 14.3. The van der Waals surface area contributed by atoms with E-state index >= 15 is 0 Å². The van der Waals surface area contributed by atoms with Gasteiger partial charge in [0.15, 0.2) is 0 Å². The van der Waals surface area contributed by atoms with Gasteiger partial charge < -0.3 is 9.64 Å². The predicted octanol–water partition coefficient (Wildman–Crippen LogP) is 3.37. The number of rotatable bonds is 0. The van der Waals surface area contributed by atoms with Gasteiger partial charge in [0.25, 0.3) is 0 Å². The maximum atomic E-state index is 12.6. The monoisotopic (exact) mass is 345 g/mol. The van der Waals surface area contributed by atoms with E-state index in [1.807, 2.05) is 30.4 Å². The number of hydrogen-bond acceptors (Lipinski definition) is 5. The fourth-order valence-corrected chi connectivity index (χ4v) is 7.92. The first-order valence-electron chi connectivity index (χ1n) is 8.27. The number of hydrogen-bond donors (Lipinski definition) is 0. The third-order valence-electron chi connectivity index (χ3n) is 5.45. The molecule has 4 aliphatic heterocycles. The lowest BCUT2D eigenvalue weighted by molar-refractivity contribution is -0.139. The Labute approximate surface area is 144 Å². The van der Waals surface area contributed by atoms with Crippen LogP contribution in [0, 0.1) is 0 Å². The fraction of sp³-hybridized carbons (Fsp3) is 0.500. The zero-order valence-corrected chi connectivity index (χ0v) is 14.7. The van der Waals surface area contributed by atoms with Crippen LogP contribution in [0.15, 0.2) is 35.5 Å². The Bertz CT molecular complexity index is 723. The van der Waals surface area contributed by atoms with E-state index in [1.165, 1.54) is 16.8 Å². The van der Waals surface area contributed by atoms with Crippen molar-refractivity contribution in [1.29, 1.82) is 0 Å². The lowest BCUT2D eigenvalue weighted by Gasteiger charge is -2.48. The summed E-state index contributed by atoms with van der Waals surface area (Å²) < 4.78 is 5.56. The zero-order chi connectivity index (χ0) is 15.6. The average Bonchev–Trinajstić information content (AvgIpc) is 3.13. The van der Waals surface area contributed by atoms with Crippen LogP contribution in [0.3, 0.4) is 0 Å². The highest BCUT2D eigenvalue weighted by molar-refractivity contribution is 8.21. The van der Waals surface area contributed by atoms with Crippen molar-refractivity contribution in [3.05, 3.63) is 46.7 Å². The van der Waals surface area contributed by atoms with Crippen molar-refractivity contribution >= 4 is 29.5 Å². The quantitative estimate of drug-likeness (QED) is 0.673. The van der Waals surface area contributed by atoms with Crippen molar-refractivity contribution in [3.63, 3.8) is 0 Å². The number of thioether (sulfide) groups is 2. The highest BCUT2D eigenvalue weighted by Crippen LogP contribution is 2.61. The van der Waals surface area contributed by atoms with Gasteiger partial charge in [-0.25, -0.2) is 4.79 Å². The second kappa shape index (κ2) is 4.96. The number of esters is 1. The van der Waals surface area contributed by atoms with Crippen molar-refractivity contribution < 1.29 is 9.53 Å². The summed E-state index contributed by atoms with van der Waals surface area (Å²) in [5, 5.41) is 0. The van der Waals surface area contributed by atoms with Gasteiger partial charge in [0.2, 0.25) is 0 Å².